The summed E-state index contributed by atoms with van der Waals surface area (Å²) in [7, 11) is 0. The Hall–Kier alpha value is -1.89. The Bertz CT molecular complexity index is 627. The average Bonchev–Trinajstić information content (AvgIpc) is 2.50. The van der Waals surface area contributed by atoms with Gasteiger partial charge in [-0.15, -0.1) is 0 Å². The Balaban J connectivity index is 1.99. The zero-order valence-corrected chi connectivity index (χ0v) is 11.7. The summed E-state index contributed by atoms with van der Waals surface area (Å²) >= 11 is 0. The van der Waals surface area contributed by atoms with E-state index in [1.54, 1.807) is 0 Å². The minimum Gasteiger partial charge on any atom is -0.758 e. The molecule has 0 unspecified atom stereocenters. The summed E-state index contributed by atoms with van der Waals surface area (Å²) in [6.07, 6.45) is -0.398. The fourth-order valence-electron chi connectivity index (χ4n) is 3.17. The van der Waals surface area contributed by atoms with E-state index >= 15 is 0 Å². The Kier molecular flexibility index (Phi) is 3.68. The highest BCUT2D eigenvalue weighted by molar-refractivity contribution is 5.65. The van der Waals surface area contributed by atoms with E-state index in [0.29, 0.717) is 17.9 Å². The van der Waals surface area contributed by atoms with E-state index < -0.39 is 23.8 Å². The number of hydrogen-bond acceptors (Lipinski definition) is 3. The van der Waals surface area contributed by atoms with E-state index in [9.17, 15) is 23.3 Å². The van der Waals surface area contributed by atoms with Crippen molar-refractivity contribution in [3.05, 3.63) is 51.7 Å². The van der Waals surface area contributed by atoms with Gasteiger partial charge in [-0.3, -0.25) is 0 Å². The van der Waals surface area contributed by atoms with Crippen LogP contribution in [0.15, 0.2) is 30.5 Å². The number of rotatable bonds is 1. The Morgan fingerprint density at radius 3 is 2.68 bits per heavy atom. The van der Waals surface area contributed by atoms with Gasteiger partial charge in [0.2, 0.25) is 12.2 Å². The van der Waals surface area contributed by atoms with E-state index in [-0.39, 0.29) is 11.3 Å². The highest BCUT2D eigenvalue weighted by Crippen LogP contribution is 2.36. The van der Waals surface area contributed by atoms with E-state index in [1.807, 2.05) is 0 Å². The monoisotopic (exact) mass is 312 g/mol. The van der Waals surface area contributed by atoms with Gasteiger partial charge in [0, 0.05) is 21.7 Å². The predicted molar refractivity (Wildman–Crippen MR) is 74.3 cm³/mol. The summed E-state index contributed by atoms with van der Waals surface area (Å²) in [6, 6.07) is 3.63. The van der Waals surface area contributed by atoms with E-state index in [4.69, 9.17) is 0 Å². The molecule has 0 saturated heterocycles. The topological polar surface area (TPSA) is 46.4 Å². The van der Waals surface area contributed by atoms with E-state index in [1.165, 1.54) is 12.1 Å². The standard InChI is InChI=1S/C15H15F3N2O2/c16-15(17,18)11-5-3-4-10(8-11)14-9-19(21)12-6-1-2-7-13(12)20(14)22/h3-5,8-9,12-13H,1-2,6-7H2/t12-,13+/m0/s1. The lowest BCUT2D eigenvalue weighted by molar-refractivity contribution is -0.536. The quantitative estimate of drug-likeness (QED) is 0.739. The zero-order chi connectivity index (χ0) is 15.9. The maximum atomic E-state index is 12.8. The predicted octanol–water partition coefficient (Wildman–Crippen LogP) is 3.91. The number of benzene rings is 1. The van der Waals surface area contributed by atoms with Crippen molar-refractivity contribution in [2.45, 2.75) is 43.9 Å². The van der Waals surface area contributed by atoms with Gasteiger partial charge in [-0.2, -0.15) is 13.2 Å². The van der Waals surface area contributed by atoms with Crippen LogP contribution in [0.5, 0.6) is 0 Å². The van der Waals surface area contributed by atoms with Crippen LogP contribution in [0.2, 0.25) is 0 Å². The van der Waals surface area contributed by atoms with Gasteiger partial charge >= 0.3 is 6.18 Å². The van der Waals surface area contributed by atoms with Gasteiger partial charge < -0.3 is 10.3 Å². The molecule has 2 atom stereocenters. The molecule has 22 heavy (non-hydrogen) atoms. The summed E-state index contributed by atoms with van der Waals surface area (Å²) in [4.78, 5) is 12.1. The van der Waals surface area contributed by atoms with Gasteiger partial charge in [-0.25, -0.2) is 0 Å². The lowest BCUT2D eigenvalue weighted by atomic mass is 9.88. The maximum absolute atomic E-state index is 12.8. The number of hydrogen-bond donors (Lipinski definition) is 0. The molecule has 1 aromatic rings. The molecule has 1 saturated carbocycles. The molecule has 0 bridgehead atoms. The molecule has 1 fully saturated rings. The number of halogens is 3. The van der Waals surface area contributed by atoms with Crippen molar-refractivity contribution in [3.8, 4) is 0 Å². The third-order valence-electron chi connectivity index (χ3n) is 4.29. The van der Waals surface area contributed by atoms with Crippen molar-refractivity contribution < 1.29 is 17.9 Å². The minimum absolute atomic E-state index is 0.00394. The summed E-state index contributed by atoms with van der Waals surface area (Å²) in [5, 5.41) is 13.2. The van der Waals surface area contributed by atoms with Crippen molar-refractivity contribution in [2.24, 2.45) is 0 Å². The van der Waals surface area contributed by atoms with Crippen LogP contribution in [-0.4, -0.2) is 21.9 Å². The van der Waals surface area contributed by atoms with Crippen molar-refractivity contribution in [2.75, 3.05) is 0 Å². The van der Waals surface area contributed by atoms with Gasteiger partial charge in [0.15, 0.2) is 0 Å². The molecule has 0 spiro atoms. The average molecular weight is 312 g/mol. The zero-order valence-electron chi connectivity index (χ0n) is 11.7. The summed E-state index contributed by atoms with van der Waals surface area (Å²) < 4.78 is 39.1. The van der Waals surface area contributed by atoms with Crippen molar-refractivity contribution in [1.29, 1.82) is 0 Å². The fraction of sp³-hybridized carbons (Fsp3) is 0.467. The molecule has 0 N–H and O–H groups in total. The molecular formula is C15H15F3N2O2. The molecule has 1 aliphatic carbocycles. The van der Waals surface area contributed by atoms with Crippen molar-refractivity contribution in [3.63, 3.8) is 0 Å². The van der Waals surface area contributed by atoms with Crippen molar-refractivity contribution >= 4 is 5.70 Å². The number of nitroso groups, excluding NO2 is 1. The first kappa shape index (κ1) is 15.0. The highest BCUT2D eigenvalue weighted by Gasteiger charge is 2.42. The normalized spacial score (nSPS) is 25.7. The molecule has 0 amide bonds. The number of fused-ring (bicyclic) bond motifs is 1. The van der Waals surface area contributed by atoms with Gasteiger partial charge in [0.05, 0.1) is 11.6 Å². The summed E-state index contributed by atoms with van der Waals surface area (Å²) in [5.74, 6) is 0. The van der Waals surface area contributed by atoms with Gasteiger partial charge in [0.25, 0.3) is 0 Å². The molecule has 2 aliphatic rings. The van der Waals surface area contributed by atoms with Crippen LogP contribution < -0.4 is 0 Å². The van der Waals surface area contributed by atoms with E-state index in [0.717, 1.165) is 35.9 Å². The smallest absolute Gasteiger partial charge is 0.416 e. The molecule has 0 radical (unpaired) electrons. The van der Waals surface area contributed by atoms with Crippen LogP contribution in [0.4, 0.5) is 13.2 Å². The Morgan fingerprint density at radius 2 is 1.95 bits per heavy atom. The largest absolute Gasteiger partial charge is 0.758 e. The molecule has 7 heteroatoms. The lowest BCUT2D eigenvalue weighted by Crippen LogP contribution is -2.49. The van der Waals surface area contributed by atoms with Gasteiger partial charge in [0.1, 0.15) is 5.70 Å². The van der Waals surface area contributed by atoms with Crippen LogP contribution in [0.1, 0.15) is 36.8 Å². The Labute approximate surface area is 125 Å². The molecule has 118 valence electrons. The van der Waals surface area contributed by atoms with Crippen molar-refractivity contribution in [1.82, 2.24) is 5.06 Å². The van der Waals surface area contributed by atoms with Crippen LogP contribution in [0, 0.1) is 10.1 Å². The number of hydroxylamine groups is 2. The number of nitrogens with zero attached hydrogens (tertiary/aromatic N) is 2. The molecular weight excluding hydrogens is 297 g/mol. The third kappa shape index (κ3) is 2.61. The lowest BCUT2D eigenvalue weighted by Gasteiger charge is -2.44. The Morgan fingerprint density at radius 1 is 1.23 bits per heavy atom. The summed E-state index contributed by atoms with van der Waals surface area (Å²) in [5.41, 5.74) is -0.707. The first-order valence-corrected chi connectivity index (χ1v) is 7.19. The molecule has 3 rings (SSSR count). The second-order valence-corrected chi connectivity index (χ2v) is 5.70. The van der Waals surface area contributed by atoms with Crippen LogP contribution in [-0.2, 0) is 6.18 Å². The second-order valence-electron chi connectivity index (χ2n) is 5.70. The molecule has 0 aromatic heterocycles. The van der Waals surface area contributed by atoms with Gasteiger partial charge in [-0.05, 0) is 25.0 Å². The molecule has 4 nitrogen and oxygen atoms in total. The molecule has 1 heterocycles. The number of alkyl halides is 3. The molecule has 1 aliphatic heterocycles. The molecule has 1 aromatic carbocycles. The second kappa shape index (κ2) is 5.39. The SMILES string of the molecule is O=[N+]1C=C(c2cccc(C(F)(F)F)c2)N([O-])[C@@H]2CCCC[C@@H]21. The van der Waals surface area contributed by atoms with E-state index in [2.05, 4.69) is 0 Å². The first-order chi connectivity index (χ1) is 10.4. The maximum Gasteiger partial charge on any atom is 0.416 e. The first-order valence-electron chi connectivity index (χ1n) is 7.19. The van der Waals surface area contributed by atoms with Crippen LogP contribution in [0.3, 0.4) is 0 Å². The highest BCUT2D eigenvalue weighted by atomic mass is 19.4. The summed E-state index contributed by atoms with van der Waals surface area (Å²) in [6.45, 7) is 0. The fourth-order valence-corrected chi connectivity index (χ4v) is 3.17. The third-order valence-corrected chi connectivity index (χ3v) is 4.29. The van der Waals surface area contributed by atoms with Crippen LogP contribution in [0.25, 0.3) is 5.70 Å². The minimum atomic E-state index is -4.48. The van der Waals surface area contributed by atoms with Gasteiger partial charge in [-0.1, -0.05) is 18.6 Å². The van der Waals surface area contributed by atoms with Crippen LogP contribution >= 0.6 is 0 Å².